The van der Waals surface area contributed by atoms with Gasteiger partial charge in [0.2, 0.25) is 0 Å². The zero-order chi connectivity index (χ0) is 13.2. The third kappa shape index (κ3) is 2.63. The van der Waals surface area contributed by atoms with Crippen molar-refractivity contribution in [3.05, 3.63) is 34.1 Å². The zero-order valence-corrected chi connectivity index (χ0v) is 12.0. The number of rotatable bonds is 2. The van der Waals surface area contributed by atoms with E-state index in [1.54, 1.807) is 6.07 Å². The molecule has 0 spiro atoms. The molecule has 1 heterocycles. The third-order valence-electron chi connectivity index (χ3n) is 3.69. The van der Waals surface area contributed by atoms with E-state index < -0.39 is 0 Å². The Morgan fingerprint density at radius 2 is 1.89 bits per heavy atom. The van der Waals surface area contributed by atoms with E-state index in [1.165, 1.54) is 32.1 Å². The smallest absolute Gasteiger partial charge is 0.182 e. The number of aromatic amines is 1. The lowest BCUT2D eigenvalue weighted by molar-refractivity contribution is 0.429. The second-order valence-corrected chi connectivity index (χ2v) is 5.77. The predicted octanol–water partition coefficient (Wildman–Crippen LogP) is 4.83. The fourth-order valence-electron chi connectivity index (χ4n) is 2.63. The Morgan fingerprint density at radius 3 is 2.68 bits per heavy atom. The lowest BCUT2D eigenvalue weighted by Gasteiger charge is -2.18. The van der Waals surface area contributed by atoms with Gasteiger partial charge in [0, 0.05) is 11.5 Å². The van der Waals surface area contributed by atoms with Gasteiger partial charge in [0.25, 0.3) is 0 Å². The molecule has 1 saturated carbocycles. The van der Waals surface area contributed by atoms with Gasteiger partial charge in [-0.2, -0.15) is 5.10 Å². The molecule has 2 aromatic rings. The molecule has 1 N–H and O–H groups in total. The summed E-state index contributed by atoms with van der Waals surface area (Å²) in [5.74, 6) is 2.12. The highest BCUT2D eigenvalue weighted by atomic mass is 35.5. The Bertz CT molecular complexity index is 574. The second kappa shape index (κ2) is 5.51. The van der Waals surface area contributed by atoms with Crippen LogP contribution in [-0.2, 0) is 0 Å². The highest BCUT2D eigenvalue weighted by Crippen LogP contribution is 2.34. The number of nitrogens with zero attached hydrogens (tertiary/aromatic N) is 2. The van der Waals surface area contributed by atoms with Crippen molar-refractivity contribution in [3.63, 3.8) is 0 Å². The molecule has 0 saturated heterocycles. The van der Waals surface area contributed by atoms with Gasteiger partial charge in [-0.05, 0) is 25.0 Å². The Balaban J connectivity index is 1.90. The summed E-state index contributed by atoms with van der Waals surface area (Å²) in [5, 5.41) is 8.39. The molecule has 5 heteroatoms. The monoisotopic (exact) mass is 295 g/mol. The van der Waals surface area contributed by atoms with Crippen molar-refractivity contribution in [1.29, 1.82) is 0 Å². The van der Waals surface area contributed by atoms with Crippen molar-refractivity contribution in [2.24, 2.45) is 0 Å². The minimum Gasteiger partial charge on any atom is -0.262 e. The van der Waals surface area contributed by atoms with Crippen LogP contribution in [0.5, 0.6) is 0 Å². The number of hydrogen-bond acceptors (Lipinski definition) is 2. The van der Waals surface area contributed by atoms with Gasteiger partial charge in [-0.3, -0.25) is 5.10 Å². The summed E-state index contributed by atoms with van der Waals surface area (Å²) < 4.78 is 0. The number of H-pyrrole nitrogens is 1. The molecule has 19 heavy (non-hydrogen) atoms. The molecule has 3 nitrogen and oxygen atoms in total. The van der Waals surface area contributed by atoms with Crippen LogP contribution in [0.1, 0.15) is 43.8 Å². The number of nitrogens with one attached hydrogen (secondary N) is 1. The van der Waals surface area contributed by atoms with Gasteiger partial charge in [-0.25, -0.2) is 4.98 Å². The van der Waals surface area contributed by atoms with Gasteiger partial charge >= 0.3 is 0 Å². The maximum Gasteiger partial charge on any atom is 0.182 e. The zero-order valence-electron chi connectivity index (χ0n) is 10.5. The first kappa shape index (κ1) is 12.9. The van der Waals surface area contributed by atoms with Gasteiger partial charge in [0.1, 0.15) is 5.82 Å². The molecule has 0 amide bonds. The molecule has 0 aliphatic heterocycles. The molecule has 1 aromatic carbocycles. The predicted molar refractivity (Wildman–Crippen MR) is 77.7 cm³/mol. The van der Waals surface area contributed by atoms with E-state index in [9.17, 15) is 0 Å². The second-order valence-electron chi connectivity index (χ2n) is 4.98. The molecular formula is C14H15Cl2N3. The lowest BCUT2D eigenvalue weighted by atomic mass is 9.89. The quantitative estimate of drug-likeness (QED) is 0.862. The number of benzene rings is 1. The topological polar surface area (TPSA) is 41.6 Å². The molecule has 1 fully saturated rings. The van der Waals surface area contributed by atoms with Crippen molar-refractivity contribution < 1.29 is 0 Å². The van der Waals surface area contributed by atoms with Crippen LogP contribution in [0.15, 0.2) is 18.2 Å². The molecule has 0 radical (unpaired) electrons. The molecule has 0 bridgehead atoms. The maximum atomic E-state index is 6.20. The van der Waals surface area contributed by atoms with Gasteiger partial charge < -0.3 is 0 Å². The molecule has 1 aromatic heterocycles. The summed E-state index contributed by atoms with van der Waals surface area (Å²) >= 11 is 12.2. The van der Waals surface area contributed by atoms with E-state index in [0.29, 0.717) is 21.8 Å². The van der Waals surface area contributed by atoms with E-state index in [-0.39, 0.29) is 0 Å². The molecule has 0 unspecified atom stereocenters. The van der Waals surface area contributed by atoms with Crippen LogP contribution >= 0.6 is 23.2 Å². The number of halogens is 2. The third-order valence-corrected chi connectivity index (χ3v) is 4.51. The van der Waals surface area contributed by atoms with Gasteiger partial charge in [-0.15, -0.1) is 0 Å². The van der Waals surface area contributed by atoms with Crippen molar-refractivity contribution in [3.8, 4) is 11.4 Å². The first-order valence-electron chi connectivity index (χ1n) is 6.62. The van der Waals surface area contributed by atoms with E-state index in [2.05, 4.69) is 15.2 Å². The van der Waals surface area contributed by atoms with Crippen molar-refractivity contribution >= 4 is 23.2 Å². The molecule has 1 aliphatic carbocycles. The van der Waals surface area contributed by atoms with Crippen LogP contribution in [0.4, 0.5) is 0 Å². The van der Waals surface area contributed by atoms with Gasteiger partial charge in [0.15, 0.2) is 5.82 Å². The van der Waals surface area contributed by atoms with Crippen molar-refractivity contribution in [1.82, 2.24) is 15.2 Å². The van der Waals surface area contributed by atoms with Gasteiger partial charge in [0.05, 0.1) is 10.0 Å². The minimum absolute atomic E-state index is 0.507. The Hall–Kier alpha value is -1.06. The molecule has 3 rings (SSSR count). The summed E-state index contributed by atoms with van der Waals surface area (Å²) in [6.45, 7) is 0. The number of aromatic nitrogens is 3. The van der Waals surface area contributed by atoms with Crippen LogP contribution in [0.3, 0.4) is 0 Å². The molecule has 1 aliphatic rings. The van der Waals surface area contributed by atoms with Crippen molar-refractivity contribution in [2.75, 3.05) is 0 Å². The highest BCUT2D eigenvalue weighted by Gasteiger charge is 2.20. The van der Waals surface area contributed by atoms with Crippen LogP contribution in [0.2, 0.25) is 10.0 Å². The Kier molecular flexibility index (Phi) is 3.76. The summed E-state index contributed by atoms with van der Waals surface area (Å²) in [4.78, 5) is 4.60. The normalized spacial score (nSPS) is 16.7. The summed E-state index contributed by atoms with van der Waals surface area (Å²) in [5.41, 5.74) is 0.785. The van der Waals surface area contributed by atoms with E-state index in [1.807, 2.05) is 12.1 Å². The average molecular weight is 296 g/mol. The van der Waals surface area contributed by atoms with Gasteiger partial charge in [-0.1, -0.05) is 48.5 Å². The Morgan fingerprint density at radius 1 is 1.11 bits per heavy atom. The fraction of sp³-hybridized carbons (Fsp3) is 0.429. The standard InChI is InChI=1S/C14H15Cl2N3/c15-11-8-4-7-10(12(11)16)14-17-13(18-19-14)9-5-2-1-3-6-9/h4,7-9H,1-3,5-6H2,(H,17,18,19). The summed E-state index contributed by atoms with van der Waals surface area (Å²) in [7, 11) is 0. The van der Waals surface area contributed by atoms with Crippen LogP contribution < -0.4 is 0 Å². The first-order chi connectivity index (χ1) is 9.25. The SMILES string of the molecule is Clc1cccc(-c2n[nH]c(C3CCCCC3)n2)c1Cl. The maximum absolute atomic E-state index is 6.20. The largest absolute Gasteiger partial charge is 0.262 e. The average Bonchev–Trinajstić information content (AvgIpc) is 2.92. The molecule has 100 valence electrons. The van der Waals surface area contributed by atoms with E-state index >= 15 is 0 Å². The highest BCUT2D eigenvalue weighted by molar-refractivity contribution is 6.43. The fourth-order valence-corrected chi connectivity index (χ4v) is 3.01. The van der Waals surface area contributed by atoms with Crippen molar-refractivity contribution in [2.45, 2.75) is 38.0 Å². The minimum atomic E-state index is 0.507. The van der Waals surface area contributed by atoms with Crippen LogP contribution in [0, 0.1) is 0 Å². The summed E-state index contributed by atoms with van der Waals surface area (Å²) in [6, 6.07) is 5.52. The van der Waals surface area contributed by atoms with Crippen LogP contribution in [-0.4, -0.2) is 15.2 Å². The first-order valence-corrected chi connectivity index (χ1v) is 7.38. The summed E-state index contributed by atoms with van der Waals surface area (Å²) in [6.07, 6.45) is 6.27. The molecule has 0 atom stereocenters. The molecular weight excluding hydrogens is 281 g/mol. The Labute approximate surface area is 122 Å². The van der Waals surface area contributed by atoms with E-state index in [0.717, 1.165) is 11.4 Å². The van der Waals surface area contributed by atoms with E-state index in [4.69, 9.17) is 23.2 Å². The lowest BCUT2D eigenvalue weighted by Crippen LogP contribution is -2.06. The number of hydrogen-bond donors (Lipinski definition) is 1. The van der Waals surface area contributed by atoms with Crippen LogP contribution in [0.25, 0.3) is 11.4 Å².